The van der Waals surface area contributed by atoms with Crippen LogP contribution < -0.4 is 10.2 Å². The fourth-order valence-corrected chi connectivity index (χ4v) is 3.53. The molecule has 7 nitrogen and oxygen atoms in total. The third kappa shape index (κ3) is 5.45. The molecule has 1 atom stereocenters. The number of hydrogen-bond acceptors (Lipinski definition) is 5. The molecule has 2 amide bonds. The Labute approximate surface area is 167 Å². The second-order valence-electron chi connectivity index (χ2n) is 7.84. The number of methoxy groups -OCH3 is 1. The van der Waals surface area contributed by atoms with E-state index in [1.165, 1.54) is 7.11 Å². The van der Waals surface area contributed by atoms with Crippen LogP contribution >= 0.6 is 0 Å². The average Bonchev–Trinajstić information content (AvgIpc) is 3.39. The number of nitrogens with one attached hydrogen (secondary N) is 1. The highest BCUT2D eigenvalue weighted by atomic mass is 16.5. The lowest BCUT2D eigenvalue weighted by Crippen LogP contribution is -2.39. The minimum atomic E-state index is -0.0601. The van der Waals surface area contributed by atoms with Crippen molar-refractivity contribution in [3.8, 4) is 0 Å². The maximum atomic E-state index is 12.6. The van der Waals surface area contributed by atoms with E-state index in [0.29, 0.717) is 13.1 Å². The van der Waals surface area contributed by atoms with Crippen molar-refractivity contribution in [1.82, 2.24) is 4.90 Å². The summed E-state index contributed by atoms with van der Waals surface area (Å²) in [4.78, 5) is 28.6. The highest BCUT2D eigenvalue weighted by Crippen LogP contribution is 2.31. The van der Waals surface area contributed by atoms with Gasteiger partial charge in [0.15, 0.2) is 0 Å². The van der Waals surface area contributed by atoms with Gasteiger partial charge in [-0.1, -0.05) is 0 Å². The summed E-state index contributed by atoms with van der Waals surface area (Å²) in [5.41, 5.74) is 2.78. The second-order valence-corrected chi connectivity index (χ2v) is 7.84. The van der Waals surface area contributed by atoms with E-state index >= 15 is 0 Å². The van der Waals surface area contributed by atoms with Gasteiger partial charge in [-0.25, -0.2) is 0 Å². The average molecular weight is 389 g/mol. The van der Waals surface area contributed by atoms with E-state index in [-0.39, 0.29) is 30.4 Å². The van der Waals surface area contributed by atoms with Crippen molar-refractivity contribution in [3.63, 3.8) is 0 Å². The molecule has 1 aliphatic carbocycles. The van der Waals surface area contributed by atoms with Crippen molar-refractivity contribution in [1.29, 1.82) is 0 Å². The third-order valence-electron chi connectivity index (χ3n) is 5.21. The fraction of sp³-hybridized carbons (Fsp3) is 0.619. The molecule has 1 aliphatic heterocycles. The van der Waals surface area contributed by atoms with Crippen molar-refractivity contribution in [2.24, 2.45) is 5.92 Å². The summed E-state index contributed by atoms with van der Waals surface area (Å²) in [6.45, 7) is 1.79. The van der Waals surface area contributed by atoms with Crippen molar-refractivity contribution in [3.05, 3.63) is 23.8 Å². The lowest BCUT2D eigenvalue weighted by Gasteiger charge is -2.28. The van der Waals surface area contributed by atoms with Crippen LogP contribution in [0.3, 0.4) is 0 Å². The second kappa shape index (κ2) is 9.39. The number of rotatable bonds is 9. The van der Waals surface area contributed by atoms with Crippen LogP contribution in [0.25, 0.3) is 0 Å². The molecule has 0 aromatic heterocycles. The van der Waals surface area contributed by atoms with E-state index in [2.05, 4.69) is 5.32 Å². The molecule has 154 valence electrons. The van der Waals surface area contributed by atoms with Crippen LogP contribution in [0, 0.1) is 5.92 Å². The summed E-state index contributed by atoms with van der Waals surface area (Å²) < 4.78 is 10.8. The van der Waals surface area contributed by atoms with Gasteiger partial charge in [-0.3, -0.25) is 9.59 Å². The Balaban J connectivity index is 1.79. The lowest BCUT2D eigenvalue weighted by atomic mass is 10.1. The molecule has 3 rings (SSSR count). The zero-order chi connectivity index (χ0) is 20.1. The molecule has 1 saturated heterocycles. The van der Waals surface area contributed by atoms with Gasteiger partial charge >= 0.3 is 0 Å². The molecule has 1 saturated carbocycles. The maximum absolute atomic E-state index is 12.6. The van der Waals surface area contributed by atoms with Crippen LogP contribution in [-0.4, -0.2) is 63.8 Å². The summed E-state index contributed by atoms with van der Waals surface area (Å²) in [6.07, 6.45) is 4.00. The summed E-state index contributed by atoms with van der Waals surface area (Å²) in [5, 5.41) is 3.00. The number of carbonyl (C=O) groups excluding carboxylic acids is 2. The Morgan fingerprint density at radius 1 is 1.25 bits per heavy atom. The first-order valence-electron chi connectivity index (χ1n) is 9.97. The number of benzene rings is 1. The van der Waals surface area contributed by atoms with E-state index in [0.717, 1.165) is 49.2 Å². The van der Waals surface area contributed by atoms with E-state index in [1.54, 1.807) is 4.90 Å². The van der Waals surface area contributed by atoms with Crippen LogP contribution in [0.4, 0.5) is 11.4 Å². The molecular formula is C21H31N3O4. The van der Waals surface area contributed by atoms with Crippen molar-refractivity contribution in [2.75, 3.05) is 51.2 Å². The Hall–Kier alpha value is -2.12. The molecule has 2 fully saturated rings. The molecule has 0 radical (unpaired) electrons. The number of hydrogen-bond donors (Lipinski definition) is 1. The van der Waals surface area contributed by atoms with E-state index in [4.69, 9.17) is 9.47 Å². The Kier molecular flexibility index (Phi) is 6.91. The number of carbonyl (C=O) groups is 2. The van der Waals surface area contributed by atoms with Gasteiger partial charge in [-0.05, 0) is 49.4 Å². The smallest absolute Gasteiger partial charge is 0.248 e. The number of nitrogens with zero attached hydrogens (tertiary/aromatic N) is 2. The number of amides is 2. The van der Waals surface area contributed by atoms with Crippen molar-refractivity contribution < 1.29 is 19.1 Å². The van der Waals surface area contributed by atoms with Crippen LogP contribution in [-0.2, 0) is 25.6 Å². The zero-order valence-electron chi connectivity index (χ0n) is 17.1. The van der Waals surface area contributed by atoms with Gasteiger partial charge in [-0.2, -0.15) is 0 Å². The molecule has 7 heteroatoms. The highest BCUT2D eigenvalue weighted by molar-refractivity contribution is 5.94. The number of ether oxygens (including phenoxy) is 2. The Morgan fingerprint density at radius 3 is 2.64 bits per heavy atom. The van der Waals surface area contributed by atoms with Crippen LogP contribution in [0.15, 0.2) is 18.2 Å². The number of anilines is 2. The summed E-state index contributed by atoms with van der Waals surface area (Å²) in [5.74, 6) is 0.168. The standard InChI is InChI=1S/C21H31N3O4/c1-23(2)19-9-8-17(22-21(26)15-6-7-15)11-16(19)12-24(20(25)14-27-3)13-18-5-4-10-28-18/h8-9,11,15,18H,4-7,10,12-14H2,1-3H3,(H,22,26). The molecule has 2 aliphatic rings. The van der Waals surface area contributed by atoms with E-state index in [9.17, 15) is 9.59 Å². The van der Waals surface area contributed by atoms with Gasteiger partial charge in [-0.15, -0.1) is 0 Å². The van der Waals surface area contributed by atoms with Gasteiger partial charge < -0.3 is 24.6 Å². The van der Waals surface area contributed by atoms with Gasteiger partial charge in [0.05, 0.1) is 6.10 Å². The summed E-state index contributed by atoms with van der Waals surface area (Å²) in [6, 6.07) is 5.88. The Bertz CT molecular complexity index is 697. The normalized spacial score (nSPS) is 18.8. The highest BCUT2D eigenvalue weighted by Gasteiger charge is 2.30. The predicted molar refractivity (Wildman–Crippen MR) is 108 cm³/mol. The van der Waals surface area contributed by atoms with Gasteiger partial charge in [0.2, 0.25) is 11.8 Å². The van der Waals surface area contributed by atoms with Crippen LogP contribution in [0.1, 0.15) is 31.2 Å². The molecule has 0 bridgehead atoms. The van der Waals surface area contributed by atoms with Crippen molar-refractivity contribution in [2.45, 2.75) is 38.3 Å². The van der Waals surface area contributed by atoms with E-state index < -0.39 is 0 Å². The maximum Gasteiger partial charge on any atom is 0.248 e. The van der Waals surface area contributed by atoms with Crippen molar-refractivity contribution >= 4 is 23.2 Å². The molecule has 28 heavy (non-hydrogen) atoms. The molecular weight excluding hydrogens is 358 g/mol. The fourth-order valence-electron chi connectivity index (χ4n) is 3.53. The van der Waals surface area contributed by atoms with Crippen LogP contribution in [0.5, 0.6) is 0 Å². The first kappa shape index (κ1) is 20.6. The molecule has 1 aromatic carbocycles. The lowest BCUT2D eigenvalue weighted by molar-refractivity contribution is -0.137. The topological polar surface area (TPSA) is 71.1 Å². The molecule has 1 N–H and O–H groups in total. The van der Waals surface area contributed by atoms with Gasteiger partial charge in [0.25, 0.3) is 0 Å². The monoisotopic (exact) mass is 389 g/mol. The molecule has 1 aromatic rings. The van der Waals surface area contributed by atoms with Gasteiger partial charge in [0, 0.05) is 58.2 Å². The molecule has 0 spiro atoms. The first-order chi connectivity index (χ1) is 13.5. The Morgan fingerprint density at radius 2 is 2.04 bits per heavy atom. The minimum Gasteiger partial charge on any atom is -0.377 e. The predicted octanol–water partition coefficient (Wildman–Crippen LogP) is 2.26. The zero-order valence-corrected chi connectivity index (χ0v) is 17.1. The minimum absolute atomic E-state index is 0.0438. The third-order valence-corrected chi connectivity index (χ3v) is 5.21. The van der Waals surface area contributed by atoms with E-state index in [1.807, 2.05) is 37.2 Å². The van der Waals surface area contributed by atoms with Gasteiger partial charge in [0.1, 0.15) is 6.61 Å². The first-order valence-corrected chi connectivity index (χ1v) is 9.97. The van der Waals surface area contributed by atoms with Crippen LogP contribution in [0.2, 0.25) is 0 Å². The summed E-state index contributed by atoms with van der Waals surface area (Å²) >= 11 is 0. The largest absolute Gasteiger partial charge is 0.377 e. The molecule has 1 unspecified atom stereocenters. The SMILES string of the molecule is COCC(=O)N(Cc1cc(NC(=O)C2CC2)ccc1N(C)C)CC1CCCO1. The summed E-state index contributed by atoms with van der Waals surface area (Å²) in [7, 11) is 5.48. The molecule has 1 heterocycles. The quantitative estimate of drug-likeness (QED) is 0.701.